The van der Waals surface area contributed by atoms with Crippen LogP contribution in [0.4, 0.5) is 34.1 Å². The molecule has 2 aromatic heterocycles. The molecule has 0 aliphatic carbocycles. The van der Waals surface area contributed by atoms with Gasteiger partial charge in [0.2, 0.25) is 0 Å². The molecule has 0 N–H and O–H groups in total. The molecule has 4 nitrogen and oxygen atoms in total. The van der Waals surface area contributed by atoms with E-state index >= 15 is 0 Å². The highest BCUT2D eigenvalue weighted by Gasteiger charge is 2.46. The normalized spacial score (nSPS) is 12.2. The molecule has 0 amide bonds. The van der Waals surface area contributed by atoms with Crippen molar-refractivity contribution in [3.8, 4) is 111 Å². The van der Waals surface area contributed by atoms with Crippen LogP contribution in [0.15, 0.2) is 403 Å². The van der Waals surface area contributed by atoms with E-state index in [0.717, 1.165) is 184 Å². The monoisotopic (exact) mass is 1360 g/mol. The fourth-order valence-corrected chi connectivity index (χ4v) is 17.0. The molecule has 17 aromatic carbocycles. The zero-order valence-electron chi connectivity index (χ0n) is 58.3. The molecule has 107 heavy (non-hydrogen) atoms. The van der Waals surface area contributed by atoms with Crippen molar-refractivity contribution in [3.63, 3.8) is 0 Å². The first-order valence-corrected chi connectivity index (χ1v) is 36.8. The number of furan rings is 2. The first-order chi connectivity index (χ1) is 53.0. The number of hydrogen-bond acceptors (Lipinski definition) is 4. The summed E-state index contributed by atoms with van der Waals surface area (Å²) in [6.45, 7) is -0.287. The molecular weight excluding hydrogens is 1300 g/mol. The Morgan fingerprint density at radius 1 is 0.178 bits per heavy atom. The Bertz CT molecular complexity index is 6170. The minimum absolute atomic E-state index is 0.287. The van der Waals surface area contributed by atoms with Gasteiger partial charge in [0.1, 0.15) is 22.3 Å². The second-order valence-corrected chi connectivity index (χ2v) is 28.2. The Kier molecular flexibility index (Phi) is 14.7. The number of fused-ring (bicyclic) bond motifs is 10. The van der Waals surface area contributed by atoms with Gasteiger partial charge in [0, 0.05) is 66.5 Å². The van der Waals surface area contributed by atoms with E-state index < -0.39 is 0 Å². The minimum Gasteiger partial charge on any atom is -0.456 e. The lowest BCUT2D eigenvalue weighted by molar-refractivity contribution is 0.668. The summed E-state index contributed by atoms with van der Waals surface area (Å²) in [5.41, 5.74) is 35.6. The number of para-hydroxylation sites is 2. The first-order valence-electron chi connectivity index (χ1n) is 36.8. The van der Waals surface area contributed by atoms with Crippen LogP contribution >= 0.6 is 0 Å². The molecule has 0 bridgehead atoms. The van der Waals surface area contributed by atoms with Gasteiger partial charge in [-0.1, -0.05) is 309 Å². The van der Waals surface area contributed by atoms with Crippen molar-refractivity contribution in [3.05, 3.63) is 394 Å². The lowest BCUT2D eigenvalue weighted by Gasteiger charge is -2.46. The van der Waals surface area contributed by atoms with Crippen LogP contribution in [0.3, 0.4) is 0 Å². The van der Waals surface area contributed by atoms with Crippen molar-refractivity contribution in [2.24, 2.45) is 0 Å². The average molecular weight is 1360 g/mol. The molecule has 498 valence electrons. The molecule has 0 unspecified atom stereocenters. The van der Waals surface area contributed by atoms with Gasteiger partial charge in [0.15, 0.2) is 0 Å². The summed E-state index contributed by atoms with van der Waals surface area (Å²) in [6, 6.07) is 146. The van der Waals surface area contributed by atoms with Crippen molar-refractivity contribution in [2.75, 3.05) is 9.80 Å². The fraction of sp³-hybridized carbons (Fsp3) is 0. The number of rotatable bonds is 12. The van der Waals surface area contributed by atoms with Crippen LogP contribution < -0.4 is 26.2 Å². The summed E-state index contributed by atoms with van der Waals surface area (Å²) in [5.74, 6) is 0. The van der Waals surface area contributed by atoms with E-state index in [1.807, 2.05) is 12.1 Å². The van der Waals surface area contributed by atoms with E-state index in [0.29, 0.717) is 0 Å². The maximum absolute atomic E-state index is 6.69. The van der Waals surface area contributed by atoms with Gasteiger partial charge in [-0.3, -0.25) is 0 Å². The van der Waals surface area contributed by atoms with Crippen LogP contribution in [0.2, 0.25) is 0 Å². The SMILES string of the molecule is c1ccc(-c2ccc(-c3cc4c5c(c3)N(c3c(-c6ccccc6)cc(-c6ccc7c(c6)oc6ccccc67)cc3-c3ccccc3)c3ccc(-c6ccccc6)cc3B5c3cc(-c5ccccc5)ccc3N4c3c(-c4ccccc4)cc(-c4ccc5c(c4)oc4ccccc45)cc3-c3ccccc3)cc2)cc1. The number of anilines is 6. The maximum Gasteiger partial charge on any atom is 0.252 e. The van der Waals surface area contributed by atoms with Crippen molar-refractivity contribution in [1.29, 1.82) is 0 Å². The van der Waals surface area contributed by atoms with Gasteiger partial charge in [0.25, 0.3) is 6.71 Å². The molecule has 0 saturated carbocycles. The zero-order valence-corrected chi connectivity index (χ0v) is 58.3. The molecule has 0 atom stereocenters. The van der Waals surface area contributed by atoms with E-state index in [9.17, 15) is 0 Å². The molecule has 0 fully saturated rings. The van der Waals surface area contributed by atoms with Crippen LogP contribution in [0.1, 0.15) is 0 Å². The van der Waals surface area contributed by atoms with Crippen molar-refractivity contribution in [1.82, 2.24) is 0 Å². The molecule has 2 aliphatic heterocycles. The van der Waals surface area contributed by atoms with Crippen molar-refractivity contribution in [2.45, 2.75) is 0 Å². The first kappa shape index (κ1) is 61.7. The molecule has 2 aliphatic rings. The summed E-state index contributed by atoms with van der Waals surface area (Å²) >= 11 is 0. The third kappa shape index (κ3) is 10.5. The van der Waals surface area contributed by atoms with Gasteiger partial charge in [0.05, 0.1) is 11.4 Å². The van der Waals surface area contributed by atoms with E-state index in [1.54, 1.807) is 0 Å². The minimum atomic E-state index is -0.287. The van der Waals surface area contributed by atoms with Gasteiger partial charge in [-0.25, -0.2) is 0 Å². The standard InChI is InChI=1S/C102H65BN2O2/c1-8-26-66(27-9-1)69-44-46-70(47-45-69)81-62-94-100-95(63-81)105(102-88(73-36-18-6-19-37-73)58-80(59-89(102)74-38-20-7-21-39-74)78-49-53-85-83-41-23-25-43-97(83)107-99(85)65-78)93-55-51-76(68-30-12-3-13-31-68)61-91(93)103(100)90-60-75(67-28-10-2-11-29-67)50-54-92(90)104(94)101-86(71-32-14-4-15-33-71)56-79(57-87(101)72-34-16-5-17-35-72)77-48-52-84-82-40-22-24-42-96(82)106-98(84)64-77/h1-65H. The Morgan fingerprint density at radius 2 is 0.439 bits per heavy atom. The van der Waals surface area contributed by atoms with Crippen molar-refractivity contribution < 1.29 is 8.83 Å². The number of nitrogens with zero attached hydrogens (tertiary/aromatic N) is 2. The van der Waals surface area contributed by atoms with Crippen LogP contribution in [0.5, 0.6) is 0 Å². The van der Waals surface area contributed by atoms with Gasteiger partial charge >= 0.3 is 0 Å². The molecule has 4 heterocycles. The Balaban J connectivity index is 0.909. The van der Waals surface area contributed by atoms with Gasteiger partial charge < -0.3 is 18.6 Å². The second-order valence-electron chi connectivity index (χ2n) is 28.2. The molecule has 19 aromatic rings. The smallest absolute Gasteiger partial charge is 0.252 e. The van der Waals surface area contributed by atoms with E-state index in [1.165, 1.54) is 22.0 Å². The lowest BCUT2D eigenvalue weighted by atomic mass is 9.33. The molecule has 21 rings (SSSR count). The molecule has 0 spiro atoms. The van der Waals surface area contributed by atoms with Crippen molar-refractivity contribution >= 4 is 101 Å². The van der Waals surface area contributed by atoms with Crippen LogP contribution in [-0.2, 0) is 0 Å². The summed E-state index contributed by atoms with van der Waals surface area (Å²) in [5, 5.41) is 4.40. The fourth-order valence-electron chi connectivity index (χ4n) is 17.0. The lowest BCUT2D eigenvalue weighted by Crippen LogP contribution is -2.61. The van der Waals surface area contributed by atoms with Crippen LogP contribution in [0.25, 0.3) is 155 Å². The van der Waals surface area contributed by atoms with E-state index in [2.05, 4.69) is 392 Å². The Hall–Kier alpha value is -14.0. The summed E-state index contributed by atoms with van der Waals surface area (Å²) < 4.78 is 13.4. The van der Waals surface area contributed by atoms with Crippen LogP contribution in [-0.4, -0.2) is 6.71 Å². The van der Waals surface area contributed by atoms with E-state index in [-0.39, 0.29) is 6.71 Å². The summed E-state index contributed by atoms with van der Waals surface area (Å²) in [4.78, 5) is 5.33. The molecular formula is C102H65BN2O2. The average Bonchev–Trinajstić information content (AvgIpc) is 1.68. The molecule has 5 heteroatoms. The number of hydrogen-bond donors (Lipinski definition) is 0. The predicted octanol–water partition coefficient (Wildman–Crippen LogP) is 26.2. The number of benzene rings is 17. The highest BCUT2D eigenvalue weighted by Crippen LogP contribution is 2.56. The molecule has 0 saturated heterocycles. The Labute approximate surface area is 621 Å². The second kappa shape index (κ2) is 25.5. The largest absolute Gasteiger partial charge is 0.456 e. The third-order valence-corrected chi connectivity index (χ3v) is 22.0. The highest BCUT2D eigenvalue weighted by atomic mass is 16.3. The maximum atomic E-state index is 6.69. The summed E-state index contributed by atoms with van der Waals surface area (Å²) in [6.07, 6.45) is 0. The highest BCUT2D eigenvalue weighted by molar-refractivity contribution is 7.00. The summed E-state index contributed by atoms with van der Waals surface area (Å²) in [7, 11) is 0. The van der Waals surface area contributed by atoms with Crippen LogP contribution in [0, 0.1) is 0 Å². The topological polar surface area (TPSA) is 32.8 Å². The Morgan fingerprint density at radius 3 is 0.804 bits per heavy atom. The van der Waals surface area contributed by atoms with E-state index in [4.69, 9.17) is 8.83 Å². The predicted molar refractivity (Wildman–Crippen MR) is 449 cm³/mol. The third-order valence-electron chi connectivity index (χ3n) is 22.0. The van der Waals surface area contributed by atoms with Gasteiger partial charge in [-0.2, -0.15) is 0 Å². The van der Waals surface area contributed by atoms with Gasteiger partial charge in [-0.05, 0) is 190 Å². The zero-order chi connectivity index (χ0) is 70.5. The quantitative estimate of drug-likeness (QED) is 0.114. The molecule has 0 radical (unpaired) electrons. The van der Waals surface area contributed by atoms with Gasteiger partial charge in [-0.15, -0.1) is 0 Å².